The van der Waals surface area contributed by atoms with Crippen LogP contribution in [0.15, 0.2) is 49.3 Å². The lowest BCUT2D eigenvalue weighted by Crippen LogP contribution is -2.23. The molecule has 0 fully saturated rings. The first-order valence-corrected chi connectivity index (χ1v) is 11.3. The summed E-state index contributed by atoms with van der Waals surface area (Å²) in [5.74, 6) is -1.15. The summed E-state index contributed by atoms with van der Waals surface area (Å²) in [7, 11) is 0. The predicted octanol–water partition coefficient (Wildman–Crippen LogP) is 3.40. The molecule has 4 rings (SSSR count). The van der Waals surface area contributed by atoms with Gasteiger partial charge in [-0.15, -0.1) is 11.3 Å². The summed E-state index contributed by atoms with van der Waals surface area (Å²) in [4.78, 5) is 49.6. The van der Waals surface area contributed by atoms with Crippen molar-refractivity contribution in [2.45, 2.75) is 32.7 Å². The van der Waals surface area contributed by atoms with E-state index in [1.54, 1.807) is 12.1 Å². The Labute approximate surface area is 204 Å². The number of anilines is 1. The number of nitrogens with zero attached hydrogens (tertiary/aromatic N) is 6. The van der Waals surface area contributed by atoms with Crippen molar-refractivity contribution in [3.05, 3.63) is 76.5 Å². The number of aromatic nitrogens is 6. The number of pyridine rings is 1. The van der Waals surface area contributed by atoms with E-state index in [0.717, 1.165) is 17.0 Å². The molecule has 4 heterocycles. The Hall–Kier alpha value is -4.19. The molecule has 0 aromatic carbocycles. The van der Waals surface area contributed by atoms with Crippen LogP contribution in [0.4, 0.5) is 10.2 Å². The third kappa shape index (κ3) is 5.84. The number of hydrogen-bond donors (Lipinski definition) is 2. The van der Waals surface area contributed by atoms with Crippen molar-refractivity contribution in [1.29, 1.82) is 0 Å². The van der Waals surface area contributed by atoms with Crippen molar-refractivity contribution < 1.29 is 14.0 Å². The van der Waals surface area contributed by atoms with Crippen molar-refractivity contribution in [3.63, 3.8) is 0 Å². The Bertz CT molecular complexity index is 1390. The largest absolute Gasteiger partial charge is 0.344 e. The number of carbonyl (C=O) groups excluding carboxylic acids is 2. The average Bonchev–Trinajstić information content (AvgIpc) is 3.32. The summed E-state index contributed by atoms with van der Waals surface area (Å²) in [5, 5.41) is 5.96. The van der Waals surface area contributed by atoms with Gasteiger partial charge in [0.05, 0.1) is 29.7 Å². The number of rotatable bonds is 6. The fraction of sp³-hybridized carbons (Fsp3) is 0.217. The van der Waals surface area contributed by atoms with Gasteiger partial charge in [-0.1, -0.05) is 20.8 Å². The van der Waals surface area contributed by atoms with Crippen LogP contribution in [0.2, 0.25) is 0 Å². The molecule has 35 heavy (non-hydrogen) atoms. The summed E-state index contributed by atoms with van der Waals surface area (Å²) < 4.78 is 13.9. The normalized spacial score (nSPS) is 11.2. The van der Waals surface area contributed by atoms with Gasteiger partial charge in [-0.3, -0.25) is 9.59 Å². The highest BCUT2D eigenvalue weighted by molar-refractivity contribution is 7.13. The molecule has 0 aliphatic heterocycles. The van der Waals surface area contributed by atoms with Crippen molar-refractivity contribution in [2.75, 3.05) is 5.32 Å². The lowest BCUT2D eigenvalue weighted by atomic mass is 9.92. The Morgan fingerprint density at radius 1 is 1.00 bits per heavy atom. The molecule has 0 spiro atoms. The Kier molecular flexibility index (Phi) is 6.82. The van der Waals surface area contributed by atoms with Gasteiger partial charge in [0, 0.05) is 17.7 Å². The lowest BCUT2D eigenvalue weighted by molar-refractivity contribution is 0.0945. The summed E-state index contributed by atoms with van der Waals surface area (Å²) in [5.41, 5.74) is 1.08. The Balaban J connectivity index is 1.38. The van der Waals surface area contributed by atoms with Crippen molar-refractivity contribution in [1.82, 2.24) is 35.2 Å². The van der Waals surface area contributed by atoms with Crippen LogP contribution in [0, 0.1) is 5.95 Å². The van der Waals surface area contributed by atoms with Crippen molar-refractivity contribution in [3.8, 4) is 11.3 Å². The zero-order chi connectivity index (χ0) is 25.0. The van der Waals surface area contributed by atoms with Crippen molar-refractivity contribution in [2.24, 2.45) is 0 Å². The lowest BCUT2D eigenvalue weighted by Gasteiger charge is -2.17. The summed E-state index contributed by atoms with van der Waals surface area (Å²) in [6, 6.07) is 6.20. The fourth-order valence-electron chi connectivity index (χ4n) is 2.96. The van der Waals surface area contributed by atoms with Crippen LogP contribution in [0.3, 0.4) is 0 Å². The van der Waals surface area contributed by atoms with Crippen LogP contribution < -0.4 is 10.6 Å². The monoisotopic (exact) mass is 492 g/mol. The fourth-order valence-corrected chi connectivity index (χ4v) is 3.72. The molecule has 4 aromatic heterocycles. The van der Waals surface area contributed by atoms with E-state index in [0.29, 0.717) is 15.7 Å². The molecule has 4 aromatic rings. The van der Waals surface area contributed by atoms with E-state index in [9.17, 15) is 14.0 Å². The molecule has 10 nitrogen and oxygen atoms in total. The Morgan fingerprint density at radius 2 is 1.80 bits per heavy atom. The van der Waals surface area contributed by atoms with Gasteiger partial charge in [0.15, 0.2) is 0 Å². The minimum absolute atomic E-state index is 0.0613. The minimum Gasteiger partial charge on any atom is -0.344 e. The quantitative estimate of drug-likeness (QED) is 0.391. The number of hydrogen-bond acceptors (Lipinski definition) is 9. The predicted molar refractivity (Wildman–Crippen MR) is 127 cm³/mol. The van der Waals surface area contributed by atoms with Gasteiger partial charge < -0.3 is 10.6 Å². The molecule has 0 saturated carbocycles. The number of nitrogens with one attached hydrogen (secondary N) is 2. The molecule has 0 bridgehead atoms. The highest BCUT2D eigenvalue weighted by atomic mass is 32.1. The molecule has 0 aliphatic carbocycles. The topological polar surface area (TPSA) is 136 Å². The third-order valence-corrected chi connectivity index (χ3v) is 5.79. The molecule has 178 valence electrons. The SMILES string of the molecule is CC(C)(C)c1cc(NC(=O)c2cnc(CNC(=O)c3cc(-c4cccnc4F)ncn3)s2)ncn1. The van der Waals surface area contributed by atoms with E-state index in [-0.39, 0.29) is 34.8 Å². The van der Waals surface area contributed by atoms with Crippen LogP contribution in [-0.2, 0) is 12.0 Å². The Morgan fingerprint density at radius 3 is 2.57 bits per heavy atom. The zero-order valence-corrected chi connectivity index (χ0v) is 19.9. The highest BCUT2D eigenvalue weighted by Crippen LogP contribution is 2.22. The average molecular weight is 493 g/mol. The number of amides is 2. The summed E-state index contributed by atoms with van der Waals surface area (Å²) in [6.07, 6.45) is 5.35. The first-order chi connectivity index (χ1) is 16.7. The van der Waals surface area contributed by atoms with E-state index in [1.807, 2.05) is 20.8 Å². The maximum atomic E-state index is 13.9. The van der Waals surface area contributed by atoms with Gasteiger partial charge in [0.1, 0.15) is 34.1 Å². The smallest absolute Gasteiger partial charge is 0.270 e. The molecule has 0 atom stereocenters. The van der Waals surface area contributed by atoms with Gasteiger partial charge in [0.2, 0.25) is 5.95 Å². The molecular formula is C23H21FN8O2S. The maximum Gasteiger partial charge on any atom is 0.270 e. The summed E-state index contributed by atoms with van der Waals surface area (Å²) >= 11 is 1.14. The molecule has 0 radical (unpaired) electrons. The molecule has 12 heteroatoms. The van der Waals surface area contributed by atoms with E-state index in [4.69, 9.17) is 0 Å². The van der Waals surface area contributed by atoms with Gasteiger partial charge >= 0.3 is 0 Å². The van der Waals surface area contributed by atoms with Gasteiger partial charge in [-0.05, 0) is 18.2 Å². The minimum atomic E-state index is -0.692. The van der Waals surface area contributed by atoms with E-state index < -0.39 is 11.9 Å². The van der Waals surface area contributed by atoms with Gasteiger partial charge in [-0.25, -0.2) is 29.9 Å². The first-order valence-electron chi connectivity index (χ1n) is 10.5. The highest BCUT2D eigenvalue weighted by Gasteiger charge is 2.18. The van der Waals surface area contributed by atoms with E-state index in [1.165, 1.54) is 37.2 Å². The second-order valence-electron chi connectivity index (χ2n) is 8.42. The number of halogens is 1. The molecule has 0 unspecified atom stereocenters. The van der Waals surface area contributed by atoms with Gasteiger partial charge in [-0.2, -0.15) is 4.39 Å². The van der Waals surface area contributed by atoms with Crippen LogP contribution in [0.5, 0.6) is 0 Å². The zero-order valence-electron chi connectivity index (χ0n) is 19.1. The van der Waals surface area contributed by atoms with Crippen LogP contribution in [0.1, 0.15) is 51.6 Å². The summed E-state index contributed by atoms with van der Waals surface area (Å²) in [6.45, 7) is 6.14. The maximum absolute atomic E-state index is 13.9. The molecule has 0 saturated heterocycles. The molecule has 0 aliphatic rings. The van der Waals surface area contributed by atoms with Gasteiger partial charge in [0.25, 0.3) is 11.8 Å². The molecule has 2 N–H and O–H groups in total. The van der Waals surface area contributed by atoms with E-state index >= 15 is 0 Å². The van der Waals surface area contributed by atoms with Crippen LogP contribution in [0.25, 0.3) is 11.3 Å². The van der Waals surface area contributed by atoms with E-state index in [2.05, 4.69) is 40.5 Å². The van der Waals surface area contributed by atoms with Crippen molar-refractivity contribution >= 4 is 29.0 Å². The van der Waals surface area contributed by atoms with Crippen LogP contribution in [-0.4, -0.2) is 41.7 Å². The number of carbonyl (C=O) groups is 2. The van der Waals surface area contributed by atoms with Crippen LogP contribution >= 0.6 is 11.3 Å². The number of thiazole rings is 1. The molecular weight excluding hydrogens is 471 g/mol. The third-order valence-electron chi connectivity index (χ3n) is 4.79. The second kappa shape index (κ2) is 9.97. The second-order valence-corrected chi connectivity index (χ2v) is 9.54. The standard InChI is InChI=1S/C23H21FN8O2S/c1-23(2,3)17-8-18(31-12-30-17)32-22(34)16-9-26-19(35-16)10-27-21(33)15-7-14(28-11-29-15)13-5-4-6-25-20(13)24/h4-9,11-12H,10H2,1-3H3,(H,27,33)(H,30,31,32,34). The first kappa shape index (κ1) is 24.0. The molecule has 2 amide bonds.